The fraction of sp³-hybridized carbons (Fsp3) is 0.448. The van der Waals surface area contributed by atoms with E-state index < -0.39 is 0 Å². The van der Waals surface area contributed by atoms with Crippen LogP contribution in [0.5, 0.6) is 0 Å². The number of aryl methyl sites for hydroxylation is 1. The van der Waals surface area contributed by atoms with Gasteiger partial charge in [-0.05, 0) is 61.5 Å². The van der Waals surface area contributed by atoms with Crippen LogP contribution in [0.25, 0.3) is 10.9 Å². The monoisotopic (exact) mass is 487 g/mol. The minimum atomic E-state index is 0.00788. The normalized spacial score (nSPS) is 18.0. The highest BCUT2D eigenvalue weighted by atomic mass is 16.2. The fourth-order valence-electron chi connectivity index (χ4n) is 5.51. The highest BCUT2D eigenvalue weighted by molar-refractivity contribution is 5.93. The Labute approximate surface area is 213 Å². The zero-order valence-corrected chi connectivity index (χ0v) is 21.2. The summed E-state index contributed by atoms with van der Waals surface area (Å²) in [4.78, 5) is 35.5. The first-order valence-corrected chi connectivity index (χ1v) is 13.3. The van der Waals surface area contributed by atoms with Crippen molar-refractivity contribution < 1.29 is 9.59 Å². The molecule has 0 atom stereocenters. The second kappa shape index (κ2) is 11.3. The Bertz CT molecular complexity index is 1160. The fourth-order valence-corrected chi connectivity index (χ4v) is 5.51. The van der Waals surface area contributed by atoms with Gasteiger partial charge in [0.05, 0.1) is 13.1 Å². The summed E-state index contributed by atoms with van der Waals surface area (Å²) >= 11 is 0. The number of likely N-dealkylation sites (tertiary alicyclic amines) is 1. The van der Waals surface area contributed by atoms with Crippen LogP contribution in [0, 0.1) is 0 Å². The van der Waals surface area contributed by atoms with E-state index in [0.717, 1.165) is 56.7 Å². The third kappa shape index (κ3) is 5.79. The maximum atomic E-state index is 13.0. The number of aromatic nitrogens is 1. The molecule has 5 rings (SSSR count). The Balaban J connectivity index is 1.04. The summed E-state index contributed by atoms with van der Waals surface area (Å²) in [5, 5.41) is 4.32. The first-order chi connectivity index (χ1) is 17.6. The maximum absolute atomic E-state index is 13.0. The van der Waals surface area contributed by atoms with E-state index in [9.17, 15) is 9.59 Å². The highest BCUT2D eigenvalue weighted by Crippen LogP contribution is 2.29. The van der Waals surface area contributed by atoms with Crippen LogP contribution in [-0.4, -0.2) is 83.9 Å². The summed E-state index contributed by atoms with van der Waals surface area (Å²) < 4.78 is 0. The van der Waals surface area contributed by atoms with Gasteiger partial charge in [-0.25, -0.2) is 0 Å². The predicted molar refractivity (Wildman–Crippen MR) is 144 cm³/mol. The van der Waals surface area contributed by atoms with Crippen molar-refractivity contribution in [3.05, 3.63) is 65.9 Å². The van der Waals surface area contributed by atoms with Crippen molar-refractivity contribution in [1.29, 1.82) is 0 Å². The van der Waals surface area contributed by atoms with Crippen LogP contribution in [0.1, 0.15) is 36.9 Å². The molecule has 3 heterocycles. The van der Waals surface area contributed by atoms with Crippen LogP contribution in [-0.2, 0) is 16.0 Å². The van der Waals surface area contributed by atoms with Gasteiger partial charge in [-0.15, -0.1) is 0 Å². The van der Waals surface area contributed by atoms with Crippen molar-refractivity contribution in [1.82, 2.24) is 19.7 Å². The Morgan fingerprint density at radius 3 is 2.33 bits per heavy atom. The van der Waals surface area contributed by atoms with Gasteiger partial charge in [-0.2, -0.15) is 0 Å². The molecule has 2 aliphatic rings. The molecule has 0 spiro atoms. The molecule has 7 heteroatoms. The van der Waals surface area contributed by atoms with Gasteiger partial charge < -0.3 is 15.2 Å². The zero-order chi connectivity index (χ0) is 24.9. The standard InChI is InChI=1S/C29H37N5O2/c1-2-22-7-3-5-9-25(22)31-28(35)20-33-15-17-34(18-16-33)29(36)21-32-13-11-23(12-14-32)27-19-24-8-4-6-10-26(24)30-27/h3-10,19,23,30H,2,11-18,20-21H2,1H3,(H,31,35). The Morgan fingerprint density at radius 1 is 0.889 bits per heavy atom. The van der Waals surface area contributed by atoms with E-state index in [4.69, 9.17) is 0 Å². The summed E-state index contributed by atoms with van der Waals surface area (Å²) in [5.74, 6) is 0.747. The number of rotatable bonds is 7. The van der Waals surface area contributed by atoms with Gasteiger partial charge >= 0.3 is 0 Å². The van der Waals surface area contributed by atoms with Crippen LogP contribution in [0.4, 0.5) is 5.69 Å². The van der Waals surface area contributed by atoms with Crippen LogP contribution in [0.2, 0.25) is 0 Å². The average molecular weight is 488 g/mol. The average Bonchev–Trinajstić information content (AvgIpc) is 3.34. The van der Waals surface area contributed by atoms with Crippen LogP contribution in [0.15, 0.2) is 54.6 Å². The second-order valence-corrected chi connectivity index (χ2v) is 10.1. The van der Waals surface area contributed by atoms with E-state index in [1.807, 2.05) is 29.2 Å². The summed E-state index contributed by atoms with van der Waals surface area (Å²) in [6.45, 7) is 7.68. The molecule has 2 fully saturated rings. The quantitative estimate of drug-likeness (QED) is 0.533. The largest absolute Gasteiger partial charge is 0.358 e. The number of aromatic amines is 1. The number of carbonyl (C=O) groups is 2. The molecule has 7 nitrogen and oxygen atoms in total. The molecule has 2 saturated heterocycles. The van der Waals surface area contributed by atoms with E-state index in [1.54, 1.807) is 0 Å². The predicted octanol–water partition coefficient (Wildman–Crippen LogP) is 3.69. The van der Waals surface area contributed by atoms with Gasteiger partial charge in [0.15, 0.2) is 0 Å². The number of amides is 2. The lowest BCUT2D eigenvalue weighted by atomic mass is 9.93. The van der Waals surface area contributed by atoms with Crippen LogP contribution >= 0.6 is 0 Å². The third-order valence-electron chi connectivity index (χ3n) is 7.70. The van der Waals surface area contributed by atoms with Gasteiger partial charge in [0, 0.05) is 49.0 Å². The Morgan fingerprint density at radius 2 is 1.58 bits per heavy atom. The lowest BCUT2D eigenvalue weighted by molar-refractivity contribution is -0.134. The van der Waals surface area contributed by atoms with Gasteiger partial charge in [0.1, 0.15) is 0 Å². The Hall–Kier alpha value is -3.16. The molecule has 36 heavy (non-hydrogen) atoms. The number of anilines is 1. The lowest BCUT2D eigenvalue weighted by Crippen LogP contribution is -2.53. The summed E-state index contributed by atoms with van der Waals surface area (Å²) in [5.41, 5.74) is 4.56. The van der Waals surface area contributed by atoms with Gasteiger partial charge in [-0.1, -0.05) is 43.3 Å². The number of para-hydroxylation sites is 2. The number of benzene rings is 2. The summed E-state index contributed by atoms with van der Waals surface area (Å²) in [7, 11) is 0. The minimum Gasteiger partial charge on any atom is -0.358 e. The number of carbonyl (C=O) groups excluding carboxylic acids is 2. The number of H-pyrrole nitrogens is 1. The van der Waals surface area contributed by atoms with Crippen LogP contribution < -0.4 is 5.32 Å². The molecule has 0 radical (unpaired) electrons. The summed E-state index contributed by atoms with van der Waals surface area (Å²) in [6, 6.07) is 18.7. The molecule has 1 aromatic heterocycles. The molecule has 0 unspecified atom stereocenters. The van der Waals surface area contributed by atoms with Crippen molar-refractivity contribution in [2.24, 2.45) is 0 Å². The Kier molecular flexibility index (Phi) is 7.68. The SMILES string of the molecule is CCc1ccccc1NC(=O)CN1CCN(C(=O)CN2CCC(c3cc4ccccc4[nH]3)CC2)CC1. The van der Waals surface area contributed by atoms with E-state index in [2.05, 4.69) is 57.4 Å². The number of nitrogens with one attached hydrogen (secondary N) is 2. The molecule has 190 valence electrons. The van der Waals surface area contributed by atoms with E-state index in [-0.39, 0.29) is 11.8 Å². The third-order valence-corrected chi connectivity index (χ3v) is 7.70. The molecular formula is C29H37N5O2. The summed E-state index contributed by atoms with van der Waals surface area (Å²) in [6.07, 6.45) is 3.03. The zero-order valence-electron chi connectivity index (χ0n) is 21.2. The topological polar surface area (TPSA) is 71.7 Å². The van der Waals surface area contributed by atoms with E-state index in [0.29, 0.717) is 32.1 Å². The highest BCUT2D eigenvalue weighted by Gasteiger charge is 2.27. The van der Waals surface area contributed by atoms with Gasteiger partial charge in [0.25, 0.3) is 0 Å². The number of hydrogen-bond donors (Lipinski definition) is 2. The molecule has 2 aliphatic heterocycles. The molecule has 2 amide bonds. The van der Waals surface area contributed by atoms with Crippen molar-refractivity contribution in [2.45, 2.75) is 32.1 Å². The number of hydrogen-bond acceptors (Lipinski definition) is 4. The molecule has 0 bridgehead atoms. The molecule has 3 aromatic rings. The van der Waals surface area contributed by atoms with E-state index >= 15 is 0 Å². The number of fused-ring (bicyclic) bond motifs is 1. The molecule has 0 saturated carbocycles. The number of piperidine rings is 1. The first-order valence-electron chi connectivity index (χ1n) is 13.3. The van der Waals surface area contributed by atoms with Crippen LogP contribution in [0.3, 0.4) is 0 Å². The van der Waals surface area contributed by atoms with Crippen molar-refractivity contribution >= 4 is 28.4 Å². The van der Waals surface area contributed by atoms with Crippen molar-refractivity contribution in [2.75, 3.05) is 57.7 Å². The molecular weight excluding hydrogens is 450 g/mol. The number of nitrogens with zero attached hydrogens (tertiary/aromatic N) is 3. The van der Waals surface area contributed by atoms with Gasteiger partial charge in [0.2, 0.25) is 11.8 Å². The maximum Gasteiger partial charge on any atom is 0.238 e. The first kappa shape index (κ1) is 24.5. The second-order valence-electron chi connectivity index (χ2n) is 10.1. The van der Waals surface area contributed by atoms with Crippen molar-refractivity contribution in [3.63, 3.8) is 0 Å². The molecule has 2 aromatic carbocycles. The number of piperazine rings is 1. The van der Waals surface area contributed by atoms with Gasteiger partial charge in [-0.3, -0.25) is 19.4 Å². The minimum absolute atomic E-state index is 0.00788. The van der Waals surface area contributed by atoms with E-state index in [1.165, 1.54) is 16.6 Å². The molecule has 2 N–H and O–H groups in total. The molecule has 0 aliphatic carbocycles. The van der Waals surface area contributed by atoms with Crippen molar-refractivity contribution in [3.8, 4) is 0 Å². The smallest absolute Gasteiger partial charge is 0.238 e. The lowest BCUT2D eigenvalue weighted by Gasteiger charge is -2.37.